The Labute approximate surface area is 103 Å². The Bertz CT molecular complexity index is 563. The standard InChI is InChI=1S/C12H8N4O2/c13-9-11(12(17)18-16-15-14)8-4-7-10-5-2-1-3-6-10/h1-8H. The van der Waals surface area contributed by atoms with Gasteiger partial charge in [-0.05, 0) is 17.2 Å². The molecule has 0 bridgehead atoms. The van der Waals surface area contributed by atoms with Crippen LogP contribution < -0.4 is 0 Å². The van der Waals surface area contributed by atoms with Crippen LogP contribution in [0.1, 0.15) is 5.56 Å². The highest BCUT2D eigenvalue weighted by molar-refractivity contribution is 5.93. The summed E-state index contributed by atoms with van der Waals surface area (Å²) in [7, 11) is 0. The fraction of sp³-hybridized carbons (Fsp3) is 0. The van der Waals surface area contributed by atoms with Crippen molar-refractivity contribution < 1.29 is 9.63 Å². The van der Waals surface area contributed by atoms with Crippen LogP contribution in [0.3, 0.4) is 0 Å². The molecule has 0 N–H and O–H groups in total. The van der Waals surface area contributed by atoms with E-state index in [9.17, 15) is 4.79 Å². The zero-order chi connectivity index (χ0) is 13.2. The highest BCUT2D eigenvalue weighted by atomic mass is 16.7. The fourth-order valence-electron chi connectivity index (χ4n) is 1.08. The minimum absolute atomic E-state index is 0.255. The van der Waals surface area contributed by atoms with Gasteiger partial charge in [0.2, 0.25) is 0 Å². The fourth-order valence-corrected chi connectivity index (χ4v) is 1.08. The van der Waals surface area contributed by atoms with E-state index in [2.05, 4.69) is 15.0 Å². The number of carbonyl (C=O) groups is 1. The molecule has 0 radical (unpaired) electrons. The summed E-state index contributed by atoms with van der Waals surface area (Å²) in [5, 5.41) is 11.3. The van der Waals surface area contributed by atoms with Gasteiger partial charge in [-0.1, -0.05) is 42.5 Å². The Morgan fingerprint density at radius 3 is 2.78 bits per heavy atom. The first kappa shape index (κ1) is 13.0. The molecule has 1 aromatic rings. The van der Waals surface area contributed by atoms with E-state index in [4.69, 9.17) is 10.8 Å². The monoisotopic (exact) mass is 240 g/mol. The molecule has 88 valence electrons. The first-order valence-corrected chi connectivity index (χ1v) is 4.87. The third-order valence-electron chi connectivity index (χ3n) is 1.85. The van der Waals surface area contributed by atoms with E-state index in [1.54, 1.807) is 12.1 Å². The lowest BCUT2D eigenvalue weighted by atomic mass is 10.2. The highest BCUT2D eigenvalue weighted by Crippen LogP contribution is 2.03. The molecule has 0 saturated carbocycles. The Balaban J connectivity index is 2.75. The lowest BCUT2D eigenvalue weighted by molar-refractivity contribution is -0.138. The predicted molar refractivity (Wildman–Crippen MR) is 64.4 cm³/mol. The summed E-state index contributed by atoms with van der Waals surface area (Å²) in [5.41, 5.74) is 8.63. The van der Waals surface area contributed by atoms with Crippen molar-refractivity contribution in [3.8, 4) is 6.07 Å². The second-order valence-corrected chi connectivity index (χ2v) is 3.01. The zero-order valence-electron chi connectivity index (χ0n) is 9.22. The van der Waals surface area contributed by atoms with Crippen molar-refractivity contribution in [2.45, 2.75) is 0 Å². The number of hydrogen-bond acceptors (Lipinski definition) is 4. The third kappa shape index (κ3) is 4.23. The molecule has 0 amide bonds. The largest absolute Gasteiger partial charge is 0.360 e. The van der Waals surface area contributed by atoms with Gasteiger partial charge in [0.05, 0.1) is 0 Å². The molecule has 0 fully saturated rings. The van der Waals surface area contributed by atoms with Crippen LogP contribution in [0.4, 0.5) is 0 Å². The summed E-state index contributed by atoms with van der Waals surface area (Å²) in [4.78, 5) is 17.5. The van der Waals surface area contributed by atoms with Crippen molar-refractivity contribution in [2.75, 3.05) is 0 Å². The molecule has 0 unspecified atom stereocenters. The Kier molecular flexibility index (Phi) is 5.27. The van der Waals surface area contributed by atoms with Crippen molar-refractivity contribution in [1.82, 2.24) is 0 Å². The van der Waals surface area contributed by atoms with Crippen LogP contribution in [0.2, 0.25) is 0 Å². The van der Waals surface area contributed by atoms with Gasteiger partial charge in [-0.2, -0.15) is 5.26 Å². The maximum Gasteiger partial charge on any atom is 0.360 e. The molecule has 0 aliphatic heterocycles. The lowest BCUT2D eigenvalue weighted by Crippen LogP contribution is -2.01. The Morgan fingerprint density at radius 2 is 2.17 bits per heavy atom. The van der Waals surface area contributed by atoms with Crippen molar-refractivity contribution in [1.29, 1.82) is 5.26 Å². The van der Waals surface area contributed by atoms with Gasteiger partial charge in [-0.25, -0.2) is 4.79 Å². The molecule has 0 heterocycles. The van der Waals surface area contributed by atoms with Crippen molar-refractivity contribution >= 4 is 12.0 Å². The van der Waals surface area contributed by atoms with Crippen LogP contribution >= 0.6 is 0 Å². The maximum absolute atomic E-state index is 11.2. The molecule has 0 saturated heterocycles. The number of benzene rings is 1. The first-order valence-electron chi connectivity index (χ1n) is 4.87. The summed E-state index contributed by atoms with van der Waals surface area (Å²) in [5.74, 6) is -0.993. The second-order valence-electron chi connectivity index (χ2n) is 3.01. The zero-order valence-corrected chi connectivity index (χ0v) is 9.22. The van der Waals surface area contributed by atoms with Crippen LogP contribution in [0.15, 0.2) is 53.3 Å². The number of nitrogens with zero attached hydrogens (tertiary/aromatic N) is 4. The summed E-state index contributed by atoms with van der Waals surface area (Å²) in [6.07, 6.45) is 4.53. The summed E-state index contributed by atoms with van der Waals surface area (Å²) >= 11 is 0. The predicted octanol–water partition coefficient (Wildman–Crippen LogP) is 2.92. The molecule has 0 aliphatic carbocycles. The van der Waals surface area contributed by atoms with E-state index in [0.29, 0.717) is 0 Å². The van der Waals surface area contributed by atoms with Crippen molar-refractivity contribution in [2.24, 2.45) is 5.28 Å². The van der Waals surface area contributed by atoms with Gasteiger partial charge in [0.15, 0.2) is 0 Å². The van der Waals surface area contributed by atoms with E-state index in [1.807, 2.05) is 30.3 Å². The van der Waals surface area contributed by atoms with Crippen LogP contribution in [-0.2, 0) is 9.63 Å². The second kappa shape index (κ2) is 7.28. The number of rotatable bonds is 4. The maximum atomic E-state index is 11.2. The smallest absolute Gasteiger partial charge is 0.354 e. The summed E-state index contributed by atoms with van der Waals surface area (Å²) in [6, 6.07) is 11.0. The van der Waals surface area contributed by atoms with Crippen LogP contribution in [0.5, 0.6) is 0 Å². The van der Waals surface area contributed by atoms with Gasteiger partial charge in [-0.3, -0.25) is 0 Å². The minimum Gasteiger partial charge on any atom is -0.354 e. The summed E-state index contributed by atoms with van der Waals surface area (Å²) in [6.45, 7) is 0. The molecular weight excluding hydrogens is 232 g/mol. The number of hydrogen-bond donors (Lipinski definition) is 0. The highest BCUT2D eigenvalue weighted by Gasteiger charge is 2.08. The van der Waals surface area contributed by atoms with Gasteiger partial charge in [0.1, 0.15) is 16.9 Å². The number of allylic oxidation sites excluding steroid dienone is 2. The SMILES string of the molecule is N#CC(=CC=Cc1ccccc1)C(=O)ON=[N+]=[N-]. The lowest BCUT2D eigenvalue weighted by Gasteiger charge is -1.92. The number of azide groups is 1. The Morgan fingerprint density at radius 1 is 1.44 bits per heavy atom. The van der Waals surface area contributed by atoms with Crippen LogP contribution in [0, 0.1) is 11.3 Å². The average molecular weight is 240 g/mol. The third-order valence-corrected chi connectivity index (χ3v) is 1.85. The average Bonchev–Trinajstić information content (AvgIpc) is 2.42. The number of carbonyl (C=O) groups excluding carboxylic acids is 1. The topological polar surface area (TPSA) is 98.9 Å². The van der Waals surface area contributed by atoms with Crippen molar-refractivity contribution in [3.05, 3.63) is 64.1 Å². The molecule has 0 atom stereocenters. The number of nitriles is 1. The molecule has 6 heteroatoms. The van der Waals surface area contributed by atoms with Gasteiger partial charge in [0.25, 0.3) is 0 Å². The van der Waals surface area contributed by atoms with E-state index in [0.717, 1.165) is 5.56 Å². The molecule has 1 rings (SSSR count). The van der Waals surface area contributed by atoms with E-state index < -0.39 is 5.97 Å². The molecular formula is C12H8N4O2. The molecule has 0 aliphatic rings. The van der Waals surface area contributed by atoms with E-state index in [1.165, 1.54) is 12.2 Å². The summed E-state index contributed by atoms with van der Waals surface area (Å²) < 4.78 is 0. The first-order chi connectivity index (χ1) is 8.77. The van der Waals surface area contributed by atoms with Crippen LogP contribution in [-0.4, -0.2) is 5.97 Å². The quantitative estimate of drug-likeness (QED) is 0.154. The normalized spacial score (nSPS) is 10.5. The van der Waals surface area contributed by atoms with E-state index in [-0.39, 0.29) is 5.57 Å². The Hall–Kier alpha value is -3.03. The van der Waals surface area contributed by atoms with E-state index >= 15 is 0 Å². The van der Waals surface area contributed by atoms with Gasteiger partial charge in [-0.15, -0.1) is 0 Å². The van der Waals surface area contributed by atoms with Gasteiger partial charge < -0.3 is 4.84 Å². The van der Waals surface area contributed by atoms with Gasteiger partial charge in [0, 0.05) is 4.91 Å². The van der Waals surface area contributed by atoms with Crippen LogP contribution in [0.25, 0.3) is 16.5 Å². The van der Waals surface area contributed by atoms with Gasteiger partial charge >= 0.3 is 5.97 Å². The molecule has 0 spiro atoms. The molecule has 0 aromatic heterocycles. The van der Waals surface area contributed by atoms with Crippen molar-refractivity contribution in [3.63, 3.8) is 0 Å². The molecule has 18 heavy (non-hydrogen) atoms. The minimum atomic E-state index is -0.993. The molecule has 6 nitrogen and oxygen atoms in total. The molecule has 1 aromatic carbocycles.